The molecule has 1 aromatic rings. The van der Waals surface area contributed by atoms with Crippen LogP contribution in [0.25, 0.3) is 0 Å². The van der Waals surface area contributed by atoms with Crippen molar-refractivity contribution in [1.29, 1.82) is 0 Å². The minimum Gasteiger partial charge on any atom is -0.298 e. The average molecular weight is 259 g/mol. The Morgan fingerprint density at radius 3 is 2.56 bits per heavy atom. The Balaban J connectivity index is 2.44. The van der Waals surface area contributed by atoms with Crippen molar-refractivity contribution in [3.63, 3.8) is 0 Å². The summed E-state index contributed by atoms with van der Waals surface area (Å²) in [6, 6.07) is 3.27. The minimum atomic E-state index is -3.50. The first-order chi connectivity index (χ1) is 7.37. The molecule has 0 atom stereocenters. The Kier molecular flexibility index (Phi) is 2.68. The molecule has 0 bridgehead atoms. The SMILES string of the molecule is CC1(C)C(=O)CCN1S(=O)(=O)c1cccs1. The highest BCUT2D eigenvalue weighted by molar-refractivity contribution is 7.91. The molecule has 1 fully saturated rings. The molecule has 2 rings (SSSR count). The summed E-state index contributed by atoms with van der Waals surface area (Å²) < 4.78 is 26.1. The van der Waals surface area contributed by atoms with Gasteiger partial charge in [-0.3, -0.25) is 4.79 Å². The number of ketones is 1. The molecule has 0 radical (unpaired) electrons. The average Bonchev–Trinajstić information content (AvgIpc) is 2.76. The second-order valence-corrected chi connectivity index (χ2v) is 7.28. The van der Waals surface area contributed by atoms with E-state index in [1.807, 2.05) is 0 Å². The van der Waals surface area contributed by atoms with Crippen molar-refractivity contribution in [2.24, 2.45) is 0 Å². The van der Waals surface area contributed by atoms with E-state index in [0.717, 1.165) is 0 Å². The minimum absolute atomic E-state index is 0.0207. The van der Waals surface area contributed by atoms with Gasteiger partial charge >= 0.3 is 0 Å². The predicted molar refractivity (Wildman–Crippen MR) is 61.9 cm³/mol. The second-order valence-electron chi connectivity index (χ2n) is 4.24. The van der Waals surface area contributed by atoms with Crippen molar-refractivity contribution in [3.8, 4) is 0 Å². The molecule has 1 saturated heterocycles. The second kappa shape index (κ2) is 3.65. The molecule has 2 heterocycles. The molecule has 0 aliphatic carbocycles. The number of carbonyl (C=O) groups excluding carboxylic acids is 1. The maximum Gasteiger partial charge on any atom is 0.253 e. The van der Waals surface area contributed by atoms with Crippen LogP contribution in [0.1, 0.15) is 20.3 Å². The molecule has 0 spiro atoms. The molecule has 1 aliphatic heterocycles. The molecule has 0 aromatic carbocycles. The van der Waals surface area contributed by atoms with Crippen LogP contribution in [0.3, 0.4) is 0 Å². The van der Waals surface area contributed by atoms with Gasteiger partial charge in [0.05, 0.1) is 5.54 Å². The number of thiophene rings is 1. The molecule has 6 heteroatoms. The smallest absolute Gasteiger partial charge is 0.253 e. The zero-order valence-corrected chi connectivity index (χ0v) is 10.8. The molecular weight excluding hydrogens is 246 g/mol. The van der Waals surface area contributed by atoms with Crippen LogP contribution in [0.4, 0.5) is 0 Å². The lowest BCUT2D eigenvalue weighted by molar-refractivity contribution is -0.122. The van der Waals surface area contributed by atoms with Crippen LogP contribution in [0.5, 0.6) is 0 Å². The molecule has 0 amide bonds. The number of sulfonamides is 1. The zero-order chi connectivity index (χ0) is 12.0. The number of hydrogen-bond donors (Lipinski definition) is 0. The van der Waals surface area contributed by atoms with Crippen molar-refractivity contribution >= 4 is 27.1 Å². The fourth-order valence-corrected chi connectivity index (χ4v) is 4.74. The van der Waals surface area contributed by atoms with E-state index in [1.54, 1.807) is 31.4 Å². The third kappa shape index (κ3) is 1.61. The molecule has 0 N–H and O–H groups in total. The molecule has 0 saturated carbocycles. The van der Waals surface area contributed by atoms with Gasteiger partial charge in [-0.05, 0) is 25.3 Å². The van der Waals surface area contributed by atoms with E-state index in [4.69, 9.17) is 0 Å². The maximum atomic E-state index is 12.2. The van der Waals surface area contributed by atoms with Crippen molar-refractivity contribution in [3.05, 3.63) is 17.5 Å². The van der Waals surface area contributed by atoms with Crippen LogP contribution in [-0.2, 0) is 14.8 Å². The van der Waals surface area contributed by atoms with Gasteiger partial charge in [0.25, 0.3) is 10.0 Å². The molecule has 1 aromatic heterocycles. The lowest BCUT2D eigenvalue weighted by Crippen LogP contribution is -2.45. The highest BCUT2D eigenvalue weighted by Crippen LogP contribution is 2.32. The Morgan fingerprint density at radius 1 is 1.44 bits per heavy atom. The van der Waals surface area contributed by atoms with Gasteiger partial charge in [0.1, 0.15) is 4.21 Å². The fraction of sp³-hybridized carbons (Fsp3) is 0.500. The van der Waals surface area contributed by atoms with Gasteiger partial charge in [-0.15, -0.1) is 11.3 Å². The van der Waals surface area contributed by atoms with Crippen molar-refractivity contribution in [2.45, 2.75) is 30.0 Å². The molecule has 16 heavy (non-hydrogen) atoms. The maximum absolute atomic E-state index is 12.2. The number of Topliss-reactive ketones (excluding diaryl/α,β-unsaturated/α-hetero) is 1. The Bertz CT molecular complexity index is 502. The van der Waals surface area contributed by atoms with Crippen molar-refractivity contribution < 1.29 is 13.2 Å². The standard InChI is InChI=1S/C10H13NO3S2/c1-10(2)8(12)5-6-11(10)16(13,14)9-4-3-7-15-9/h3-4,7H,5-6H2,1-2H3. The predicted octanol–water partition coefficient (Wildman–Crippen LogP) is 1.49. The number of nitrogens with zero attached hydrogens (tertiary/aromatic N) is 1. The summed E-state index contributed by atoms with van der Waals surface area (Å²) in [6.07, 6.45) is 0.303. The summed E-state index contributed by atoms with van der Waals surface area (Å²) in [6.45, 7) is 3.60. The first kappa shape index (κ1) is 11.8. The Morgan fingerprint density at radius 2 is 2.12 bits per heavy atom. The van der Waals surface area contributed by atoms with Crippen LogP contribution in [0.2, 0.25) is 0 Å². The quantitative estimate of drug-likeness (QED) is 0.808. The first-order valence-corrected chi connectivity index (χ1v) is 7.28. The Hall–Kier alpha value is -0.720. The van der Waals surface area contributed by atoms with Crippen LogP contribution < -0.4 is 0 Å². The van der Waals surface area contributed by atoms with Gasteiger partial charge in [-0.2, -0.15) is 4.31 Å². The van der Waals surface area contributed by atoms with E-state index in [1.165, 1.54) is 15.6 Å². The number of rotatable bonds is 2. The van der Waals surface area contributed by atoms with Gasteiger partial charge in [0, 0.05) is 13.0 Å². The van der Waals surface area contributed by atoms with E-state index < -0.39 is 15.6 Å². The lowest BCUT2D eigenvalue weighted by Gasteiger charge is -2.28. The summed E-state index contributed by atoms with van der Waals surface area (Å²) in [5.74, 6) is -0.0207. The van der Waals surface area contributed by atoms with Gasteiger partial charge < -0.3 is 0 Å². The molecule has 88 valence electrons. The summed E-state index contributed by atoms with van der Waals surface area (Å²) in [4.78, 5) is 11.6. The monoisotopic (exact) mass is 259 g/mol. The van der Waals surface area contributed by atoms with E-state index in [-0.39, 0.29) is 12.3 Å². The fourth-order valence-electron chi connectivity index (χ4n) is 1.87. The van der Waals surface area contributed by atoms with Gasteiger partial charge in [-0.25, -0.2) is 8.42 Å². The molecule has 4 nitrogen and oxygen atoms in total. The highest BCUT2D eigenvalue weighted by atomic mass is 32.2. The van der Waals surface area contributed by atoms with Crippen LogP contribution in [0.15, 0.2) is 21.7 Å². The van der Waals surface area contributed by atoms with E-state index in [0.29, 0.717) is 10.6 Å². The molecule has 0 unspecified atom stereocenters. The largest absolute Gasteiger partial charge is 0.298 e. The lowest BCUT2D eigenvalue weighted by atomic mass is 10.0. The van der Waals surface area contributed by atoms with Gasteiger partial charge in [0.15, 0.2) is 5.78 Å². The summed E-state index contributed by atoms with van der Waals surface area (Å²) in [7, 11) is -3.50. The van der Waals surface area contributed by atoms with Gasteiger partial charge in [0.2, 0.25) is 0 Å². The molecular formula is C10H13NO3S2. The third-order valence-corrected chi connectivity index (χ3v) is 6.33. The van der Waals surface area contributed by atoms with Gasteiger partial charge in [-0.1, -0.05) is 6.07 Å². The van der Waals surface area contributed by atoms with E-state index in [2.05, 4.69) is 0 Å². The summed E-state index contributed by atoms with van der Waals surface area (Å²) in [5.41, 5.74) is -0.914. The third-order valence-electron chi connectivity index (χ3n) is 2.89. The van der Waals surface area contributed by atoms with E-state index in [9.17, 15) is 13.2 Å². The van der Waals surface area contributed by atoms with Crippen LogP contribution in [0, 0.1) is 0 Å². The first-order valence-electron chi connectivity index (χ1n) is 4.96. The number of carbonyl (C=O) groups is 1. The summed E-state index contributed by atoms with van der Waals surface area (Å²) >= 11 is 1.18. The number of hydrogen-bond acceptors (Lipinski definition) is 4. The van der Waals surface area contributed by atoms with Crippen molar-refractivity contribution in [1.82, 2.24) is 4.31 Å². The highest BCUT2D eigenvalue weighted by Gasteiger charge is 2.47. The summed E-state index contributed by atoms with van der Waals surface area (Å²) in [5, 5.41) is 1.72. The van der Waals surface area contributed by atoms with Crippen LogP contribution >= 0.6 is 11.3 Å². The van der Waals surface area contributed by atoms with Crippen LogP contribution in [-0.4, -0.2) is 30.6 Å². The van der Waals surface area contributed by atoms with E-state index >= 15 is 0 Å². The Labute approximate surface area is 98.9 Å². The topological polar surface area (TPSA) is 54.5 Å². The molecule has 1 aliphatic rings. The normalized spacial score (nSPS) is 21.5. The van der Waals surface area contributed by atoms with Crippen molar-refractivity contribution in [2.75, 3.05) is 6.54 Å². The zero-order valence-electron chi connectivity index (χ0n) is 9.13.